The molecule has 0 aliphatic carbocycles. The van der Waals surface area contributed by atoms with Crippen LogP contribution in [0.3, 0.4) is 0 Å². The average Bonchev–Trinajstić information content (AvgIpc) is 3.02. The van der Waals surface area contributed by atoms with E-state index in [2.05, 4.69) is 20.5 Å². The van der Waals surface area contributed by atoms with E-state index in [-0.39, 0.29) is 11.0 Å². The molecule has 7 nitrogen and oxygen atoms in total. The number of aryl methyl sites for hydroxylation is 3. The van der Waals surface area contributed by atoms with Gasteiger partial charge in [0.05, 0.1) is 5.39 Å². The standard InChI is InChI=1S/C16H17N5O2S/c1-4-12-19-20-16(24-12)18-15(23)11-8-21(5-2)14-10(13(11)22)7-6-9(3)17-14/h6-8H,4-5H2,1-3H3,(H,18,20,23). The Hall–Kier alpha value is -2.61. The van der Waals surface area contributed by atoms with E-state index in [1.54, 1.807) is 22.9 Å². The molecule has 1 N–H and O–H groups in total. The van der Waals surface area contributed by atoms with E-state index in [1.165, 1.54) is 11.3 Å². The summed E-state index contributed by atoms with van der Waals surface area (Å²) in [5.41, 5.74) is 1.15. The van der Waals surface area contributed by atoms with Crippen LogP contribution in [0.5, 0.6) is 0 Å². The van der Waals surface area contributed by atoms with Gasteiger partial charge in [-0.15, -0.1) is 10.2 Å². The molecule has 0 aliphatic heterocycles. The highest BCUT2D eigenvalue weighted by atomic mass is 32.1. The second-order valence-electron chi connectivity index (χ2n) is 5.29. The minimum absolute atomic E-state index is 0.0725. The van der Waals surface area contributed by atoms with Crippen molar-refractivity contribution in [3.63, 3.8) is 0 Å². The minimum atomic E-state index is -0.483. The van der Waals surface area contributed by atoms with Gasteiger partial charge in [-0.1, -0.05) is 18.3 Å². The number of amides is 1. The van der Waals surface area contributed by atoms with Gasteiger partial charge in [-0.3, -0.25) is 14.9 Å². The van der Waals surface area contributed by atoms with Gasteiger partial charge in [-0.2, -0.15) is 0 Å². The Labute approximate surface area is 142 Å². The van der Waals surface area contributed by atoms with E-state index in [1.807, 2.05) is 20.8 Å². The molecular weight excluding hydrogens is 326 g/mol. The number of rotatable bonds is 4. The van der Waals surface area contributed by atoms with Gasteiger partial charge >= 0.3 is 0 Å². The van der Waals surface area contributed by atoms with Crippen molar-refractivity contribution in [3.05, 3.63) is 44.8 Å². The van der Waals surface area contributed by atoms with Crippen LogP contribution in [0.4, 0.5) is 5.13 Å². The number of aromatic nitrogens is 4. The van der Waals surface area contributed by atoms with Crippen LogP contribution in [-0.2, 0) is 13.0 Å². The molecule has 24 heavy (non-hydrogen) atoms. The summed E-state index contributed by atoms with van der Waals surface area (Å²) < 4.78 is 1.80. The highest BCUT2D eigenvalue weighted by Crippen LogP contribution is 2.17. The molecule has 0 aromatic carbocycles. The molecule has 3 aromatic rings. The molecule has 3 rings (SSSR count). The first-order chi connectivity index (χ1) is 11.5. The van der Waals surface area contributed by atoms with Crippen molar-refractivity contribution in [2.75, 3.05) is 5.32 Å². The molecule has 1 amide bonds. The summed E-state index contributed by atoms with van der Waals surface area (Å²) in [5.74, 6) is -0.483. The summed E-state index contributed by atoms with van der Waals surface area (Å²) in [6.07, 6.45) is 2.30. The Balaban J connectivity index is 2.05. The quantitative estimate of drug-likeness (QED) is 0.785. The highest BCUT2D eigenvalue weighted by molar-refractivity contribution is 7.15. The number of carbonyl (C=O) groups excluding carboxylic acids is 1. The SMILES string of the molecule is CCc1nnc(NC(=O)c2cn(CC)c3nc(C)ccc3c2=O)s1. The molecule has 0 spiro atoms. The Morgan fingerprint density at radius 3 is 2.75 bits per heavy atom. The molecule has 0 saturated heterocycles. The Bertz CT molecular complexity index is 976. The second kappa shape index (κ2) is 6.48. The van der Waals surface area contributed by atoms with Crippen molar-refractivity contribution in [2.45, 2.75) is 33.7 Å². The predicted molar refractivity (Wildman–Crippen MR) is 93.7 cm³/mol. The van der Waals surface area contributed by atoms with Crippen LogP contribution in [0.1, 0.15) is 34.9 Å². The van der Waals surface area contributed by atoms with Crippen LogP contribution in [0.2, 0.25) is 0 Å². The van der Waals surface area contributed by atoms with Crippen molar-refractivity contribution in [1.29, 1.82) is 0 Å². The normalized spacial score (nSPS) is 11.0. The molecule has 124 valence electrons. The van der Waals surface area contributed by atoms with Crippen LogP contribution >= 0.6 is 11.3 Å². The van der Waals surface area contributed by atoms with Crippen LogP contribution in [0, 0.1) is 6.92 Å². The van der Waals surface area contributed by atoms with Crippen molar-refractivity contribution < 1.29 is 4.79 Å². The summed E-state index contributed by atoms with van der Waals surface area (Å²) in [6.45, 7) is 6.37. The van der Waals surface area contributed by atoms with E-state index in [4.69, 9.17) is 0 Å². The molecule has 3 heterocycles. The zero-order valence-corrected chi connectivity index (χ0v) is 14.5. The summed E-state index contributed by atoms with van der Waals surface area (Å²) in [6, 6.07) is 3.48. The number of fused-ring (bicyclic) bond motifs is 1. The lowest BCUT2D eigenvalue weighted by atomic mass is 10.1. The number of nitrogens with zero attached hydrogens (tertiary/aromatic N) is 4. The molecule has 0 fully saturated rings. The van der Waals surface area contributed by atoms with E-state index in [0.717, 1.165) is 17.1 Å². The number of hydrogen-bond donors (Lipinski definition) is 1. The summed E-state index contributed by atoms with van der Waals surface area (Å²) >= 11 is 1.30. The molecule has 0 bridgehead atoms. The summed E-state index contributed by atoms with van der Waals surface area (Å²) in [7, 11) is 0. The molecule has 0 aliphatic rings. The molecule has 0 unspecified atom stereocenters. The lowest BCUT2D eigenvalue weighted by Crippen LogP contribution is -2.24. The van der Waals surface area contributed by atoms with Crippen LogP contribution in [0.15, 0.2) is 23.1 Å². The molecule has 3 aromatic heterocycles. The molecule has 0 radical (unpaired) electrons. The molecule has 8 heteroatoms. The maximum atomic E-state index is 12.7. The lowest BCUT2D eigenvalue weighted by Gasteiger charge is -2.10. The van der Waals surface area contributed by atoms with E-state index in [0.29, 0.717) is 22.7 Å². The lowest BCUT2D eigenvalue weighted by molar-refractivity contribution is 0.102. The van der Waals surface area contributed by atoms with E-state index in [9.17, 15) is 9.59 Å². The predicted octanol–water partition coefficient (Wildman–Crippen LogP) is 2.39. The van der Waals surface area contributed by atoms with Gasteiger partial charge in [0.15, 0.2) is 0 Å². The average molecular weight is 343 g/mol. The van der Waals surface area contributed by atoms with Gasteiger partial charge in [0.2, 0.25) is 10.6 Å². The Morgan fingerprint density at radius 2 is 2.08 bits per heavy atom. The monoisotopic (exact) mass is 343 g/mol. The van der Waals surface area contributed by atoms with Crippen LogP contribution < -0.4 is 10.7 Å². The molecule has 0 saturated carbocycles. The summed E-state index contributed by atoms with van der Waals surface area (Å²) in [4.78, 5) is 29.6. The minimum Gasteiger partial charge on any atom is -0.332 e. The second-order valence-corrected chi connectivity index (χ2v) is 6.35. The van der Waals surface area contributed by atoms with Gasteiger partial charge in [-0.05, 0) is 32.4 Å². The number of pyridine rings is 2. The largest absolute Gasteiger partial charge is 0.332 e. The van der Waals surface area contributed by atoms with Gasteiger partial charge in [0.25, 0.3) is 5.91 Å². The Morgan fingerprint density at radius 1 is 1.29 bits per heavy atom. The third-order valence-electron chi connectivity index (χ3n) is 3.64. The Kier molecular flexibility index (Phi) is 4.39. The van der Waals surface area contributed by atoms with E-state index < -0.39 is 5.91 Å². The van der Waals surface area contributed by atoms with Crippen LogP contribution in [-0.4, -0.2) is 25.7 Å². The maximum absolute atomic E-state index is 12.7. The third kappa shape index (κ3) is 2.92. The van der Waals surface area contributed by atoms with Crippen molar-refractivity contribution >= 4 is 33.4 Å². The molecule has 0 atom stereocenters. The van der Waals surface area contributed by atoms with Gasteiger partial charge < -0.3 is 4.57 Å². The zero-order chi connectivity index (χ0) is 17.3. The smallest absolute Gasteiger partial charge is 0.262 e. The fraction of sp³-hybridized carbons (Fsp3) is 0.312. The molecular formula is C16H17N5O2S. The van der Waals surface area contributed by atoms with Crippen molar-refractivity contribution in [2.24, 2.45) is 0 Å². The number of anilines is 1. The maximum Gasteiger partial charge on any atom is 0.262 e. The number of hydrogen-bond acceptors (Lipinski definition) is 6. The van der Waals surface area contributed by atoms with Gasteiger partial charge in [0.1, 0.15) is 16.2 Å². The fourth-order valence-corrected chi connectivity index (χ4v) is 3.05. The van der Waals surface area contributed by atoms with Gasteiger partial charge in [-0.25, -0.2) is 4.98 Å². The first-order valence-corrected chi connectivity index (χ1v) is 8.49. The first-order valence-electron chi connectivity index (χ1n) is 7.68. The number of carbonyl (C=O) groups is 1. The summed E-state index contributed by atoms with van der Waals surface area (Å²) in [5, 5.41) is 12.2. The highest BCUT2D eigenvalue weighted by Gasteiger charge is 2.17. The van der Waals surface area contributed by atoms with E-state index >= 15 is 0 Å². The topological polar surface area (TPSA) is 89.8 Å². The third-order valence-corrected chi connectivity index (χ3v) is 4.62. The van der Waals surface area contributed by atoms with Gasteiger partial charge in [0, 0.05) is 18.4 Å². The van der Waals surface area contributed by atoms with Crippen LogP contribution in [0.25, 0.3) is 11.0 Å². The number of nitrogens with one attached hydrogen (secondary N) is 1. The zero-order valence-electron chi connectivity index (χ0n) is 13.7. The van der Waals surface area contributed by atoms with Crippen molar-refractivity contribution in [3.8, 4) is 0 Å². The van der Waals surface area contributed by atoms with Crippen molar-refractivity contribution in [1.82, 2.24) is 19.7 Å². The first kappa shape index (κ1) is 16.3. The fourth-order valence-electron chi connectivity index (χ4n) is 2.37.